The number of hydrogen-bond acceptors (Lipinski definition) is 3. The van der Waals surface area contributed by atoms with Crippen LogP contribution in [0.3, 0.4) is 0 Å². The quantitative estimate of drug-likeness (QED) is 0.742. The lowest BCUT2D eigenvalue weighted by atomic mass is 10.2. The van der Waals surface area contributed by atoms with Crippen molar-refractivity contribution < 1.29 is 9.32 Å². The van der Waals surface area contributed by atoms with Crippen LogP contribution in [-0.4, -0.2) is 28.4 Å². The summed E-state index contributed by atoms with van der Waals surface area (Å²) in [4.78, 5) is 13.1. The zero-order chi connectivity index (χ0) is 11.4. The van der Waals surface area contributed by atoms with Crippen LogP contribution >= 0.6 is 11.6 Å². The highest BCUT2D eigenvalue weighted by molar-refractivity contribution is 6.30. The fourth-order valence-corrected chi connectivity index (χ4v) is 1.50. The predicted molar refractivity (Wildman–Crippen MR) is 57.7 cm³/mol. The highest BCUT2D eigenvalue weighted by atomic mass is 35.5. The molecule has 0 bridgehead atoms. The number of nitrogens with zero attached hydrogens (tertiary/aromatic N) is 2. The van der Waals surface area contributed by atoms with Gasteiger partial charge in [0, 0.05) is 12.6 Å². The predicted octanol–water partition coefficient (Wildman–Crippen LogP) is 1.82. The van der Waals surface area contributed by atoms with Gasteiger partial charge in [-0.1, -0.05) is 12.1 Å². The second-order valence-corrected chi connectivity index (χ2v) is 4.10. The van der Waals surface area contributed by atoms with Crippen molar-refractivity contribution in [3.05, 3.63) is 17.5 Å². The average molecular weight is 231 g/mol. The summed E-state index contributed by atoms with van der Waals surface area (Å²) in [5.41, 5.74) is 1.82. The van der Waals surface area contributed by atoms with E-state index in [0.717, 1.165) is 17.7 Å². The lowest BCUT2D eigenvalue weighted by molar-refractivity contribution is -0.129. The Bertz CT molecular complexity index is 336. The average Bonchev–Trinajstić information content (AvgIpc) is 2.63. The summed E-state index contributed by atoms with van der Waals surface area (Å²) < 4.78 is 4.86. The molecule has 1 aromatic heterocycles. The number of alkyl halides is 1. The summed E-state index contributed by atoms with van der Waals surface area (Å²) >= 11 is 5.71. The molecule has 15 heavy (non-hydrogen) atoms. The van der Waals surface area contributed by atoms with Crippen LogP contribution in [0, 0.1) is 0 Å². The molecular weight excluding hydrogens is 216 g/mol. The van der Waals surface area contributed by atoms with Gasteiger partial charge < -0.3 is 9.42 Å². The van der Waals surface area contributed by atoms with Crippen molar-refractivity contribution in [2.45, 2.75) is 32.2 Å². The van der Waals surface area contributed by atoms with Crippen molar-refractivity contribution in [3.8, 4) is 0 Å². The Kier molecular flexibility index (Phi) is 4.15. The number of rotatable bonds is 4. The molecule has 0 aromatic carbocycles. The minimum atomic E-state index is -0.500. The fraction of sp³-hybridized carbons (Fsp3) is 0.600. The number of carbonyl (C=O) groups excluding carboxylic acids is 1. The van der Waals surface area contributed by atoms with E-state index in [1.165, 1.54) is 0 Å². The van der Waals surface area contributed by atoms with Crippen LogP contribution in [0.25, 0.3) is 0 Å². The molecule has 1 amide bonds. The number of halogens is 1. The summed E-state index contributed by atoms with van der Waals surface area (Å²) in [7, 11) is 1.72. The smallest absolute Gasteiger partial charge is 0.240 e. The maximum Gasteiger partial charge on any atom is 0.240 e. The molecule has 0 spiro atoms. The van der Waals surface area contributed by atoms with Gasteiger partial charge in [0.25, 0.3) is 0 Å². The van der Waals surface area contributed by atoms with Crippen molar-refractivity contribution in [1.29, 1.82) is 0 Å². The van der Waals surface area contributed by atoms with Gasteiger partial charge in [0.1, 0.15) is 11.6 Å². The maximum atomic E-state index is 11.5. The first-order valence-corrected chi connectivity index (χ1v) is 5.31. The number of carbonyl (C=O) groups is 1. The highest BCUT2D eigenvalue weighted by Crippen LogP contribution is 2.11. The second kappa shape index (κ2) is 5.16. The molecule has 1 unspecified atom stereocenters. The second-order valence-electron chi connectivity index (χ2n) is 3.45. The van der Waals surface area contributed by atoms with Crippen LogP contribution in [0.1, 0.15) is 25.1 Å². The van der Waals surface area contributed by atoms with Gasteiger partial charge in [-0.2, -0.15) is 0 Å². The zero-order valence-electron chi connectivity index (χ0n) is 9.16. The molecule has 84 valence electrons. The Labute approximate surface area is 94.2 Å². The van der Waals surface area contributed by atoms with Crippen LogP contribution in [-0.2, 0) is 17.8 Å². The van der Waals surface area contributed by atoms with Gasteiger partial charge in [-0.15, -0.1) is 11.6 Å². The van der Waals surface area contributed by atoms with Crippen molar-refractivity contribution in [1.82, 2.24) is 10.1 Å². The number of hydrogen-bond donors (Lipinski definition) is 0. The molecule has 1 heterocycles. The third-order valence-corrected chi connectivity index (χ3v) is 2.37. The molecule has 0 N–H and O–H groups in total. The Morgan fingerprint density at radius 1 is 1.73 bits per heavy atom. The van der Waals surface area contributed by atoms with Crippen molar-refractivity contribution >= 4 is 17.5 Å². The van der Waals surface area contributed by atoms with Crippen molar-refractivity contribution in [2.24, 2.45) is 0 Å². The molecule has 5 heteroatoms. The number of aromatic nitrogens is 1. The first kappa shape index (κ1) is 12.0. The van der Waals surface area contributed by atoms with Crippen LogP contribution in [0.5, 0.6) is 0 Å². The van der Waals surface area contributed by atoms with E-state index < -0.39 is 5.38 Å². The zero-order valence-corrected chi connectivity index (χ0v) is 9.91. The number of amides is 1. The summed E-state index contributed by atoms with van der Waals surface area (Å²) in [6.45, 7) is 4.14. The Balaban J connectivity index is 2.66. The van der Waals surface area contributed by atoms with Crippen molar-refractivity contribution in [3.63, 3.8) is 0 Å². The minimum absolute atomic E-state index is 0.0973. The molecule has 0 fully saturated rings. The van der Waals surface area contributed by atoms with E-state index in [4.69, 9.17) is 16.1 Å². The van der Waals surface area contributed by atoms with E-state index in [0.29, 0.717) is 6.54 Å². The summed E-state index contributed by atoms with van der Waals surface area (Å²) in [5.74, 6) is -0.0973. The van der Waals surface area contributed by atoms with Crippen molar-refractivity contribution in [2.75, 3.05) is 7.05 Å². The van der Waals surface area contributed by atoms with Gasteiger partial charge >= 0.3 is 0 Å². The van der Waals surface area contributed by atoms with E-state index in [1.54, 1.807) is 25.1 Å². The lowest BCUT2D eigenvalue weighted by Gasteiger charge is -2.17. The van der Waals surface area contributed by atoms with Crippen LogP contribution in [0.2, 0.25) is 0 Å². The van der Waals surface area contributed by atoms with Gasteiger partial charge in [-0.25, -0.2) is 0 Å². The van der Waals surface area contributed by atoms with Gasteiger partial charge in [0.2, 0.25) is 5.91 Å². The number of aryl methyl sites for hydroxylation is 1. The molecule has 0 saturated carbocycles. The van der Waals surface area contributed by atoms with E-state index in [-0.39, 0.29) is 5.91 Å². The highest BCUT2D eigenvalue weighted by Gasteiger charge is 2.17. The summed E-state index contributed by atoms with van der Waals surface area (Å²) in [5, 5.41) is 3.35. The molecule has 0 radical (unpaired) electrons. The molecule has 0 aliphatic heterocycles. The third-order valence-electron chi connectivity index (χ3n) is 2.19. The SMILES string of the molecule is CCc1nocc1CN(C)C(=O)C(C)Cl. The van der Waals surface area contributed by atoms with Gasteiger partial charge in [-0.05, 0) is 13.3 Å². The van der Waals surface area contributed by atoms with Crippen LogP contribution < -0.4 is 0 Å². The standard InChI is InChI=1S/C10H15ClN2O2/c1-4-9-8(6-15-12-9)5-13(3)10(14)7(2)11/h6-7H,4-5H2,1-3H3. The molecule has 0 saturated heterocycles. The topological polar surface area (TPSA) is 46.3 Å². The monoisotopic (exact) mass is 230 g/mol. The third kappa shape index (κ3) is 2.96. The molecule has 0 aliphatic carbocycles. The minimum Gasteiger partial charge on any atom is -0.364 e. The summed E-state index contributed by atoms with van der Waals surface area (Å²) in [6, 6.07) is 0. The molecule has 1 aromatic rings. The molecule has 0 aliphatic rings. The Morgan fingerprint density at radius 2 is 2.40 bits per heavy atom. The molecule has 4 nitrogen and oxygen atoms in total. The van der Waals surface area contributed by atoms with Crippen LogP contribution in [0.4, 0.5) is 0 Å². The molecule has 1 rings (SSSR count). The maximum absolute atomic E-state index is 11.5. The van der Waals surface area contributed by atoms with E-state index in [2.05, 4.69) is 5.16 Å². The largest absolute Gasteiger partial charge is 0.364 e. The van der Waals surface area contributed by atoms with Crippen LogP contribution in [0.15, 0.2) is 10.8 Å². The lowest BCUT2D eigenvalue weighted by Crippen LogP contribution is -2.31. The van der Waals surface area contributed by atoms with Gasteiger partial charge in [0.15, 0.2) is 0 Å². The van der Waals surface area contributed by atoms with E-state index in [9.17, 15) is 4.79 Å². The normalized spacial score (nSPS) is 12.5. The first-order valence-electron chi connectivity index (χ1n) is 4.87. The molecule has 1 atom stereocenters. The molecular formula is C10H15ClN2O2. The van der Waals surface area contributed by atoms with Gasteiger partial charge in [-0.3, -0.25) is 4.79 Å². The fourth-order valence-electron chi connectivity index (χ4n) is 1.34. The summed E-state index contributed by atoms with van der Waals surface area (Å²) in [6.07, 6.45) is 2.37. The van der Waals surface area contributed by atoms with E-state index in [1.807, 2.05) is 6.92 Å². The Morgan fingerprint density at radius 3 is 2.93 bits per heavy atom. The Hall–Kier alpha value is -1.03. The van der Waals surface area contributed by atoms with E-state index >= 15 is 0 Å². The van der Waals surface area contributed by atoms with Gasteiger partial charge in [0.05, 0.1) is 12.2 Å². The first-order chi connectivity index (χ1) is 7.06.